The normalized spacial score (nSPS) is 20.0. The highest BCUT2D eigenvalue weighted by Gasteiger charge is 2.15. The Kier molecular flexibility index (Phi) is 4.53. The van der Waals surface area contributed by atoms with Crippen LogP contribution in [0.15, 0.2) is 6.07 Å². The fourth-order valence-corrected chi connectivity index (χ4v) is 2.66. The Hall–Kier alpha value is -1.16. The molecule has 0 spiro atoms. The fourth-order valence-electron chi connectivity index (χ4n) is 2.66. The molecule has 0 amide bonds. The lowest BCUT2D eigenvalue weighted by atomic mass is 9.93. The first-order valence-electron chi connectivity index (χ1n) is 6.87. The quantitative estimate of drug-likeness (QED) is 0.862. The molecule has 1 aromatic rings. The van der Waals surface area contributed by atoms with Crippen molar-refractivity contribution < 1.29 is 4.79 Å². The topological polar surface area (TPSA) is 46.9 Å². The first kappa shape index (κ1) is 13.3. The largest absolute Gasteiger partial charge is 0.316 e. The number of nitrogens with zero attached hydrogens (tertiary/aromatic N) is 2. The van der Waals surface area contributed by atoms with Gasteiger partial charge in [0.05, 0.1) is 5.69 Å². The van der Waals surface area contributed by atoms with Crippen molar-refractivity contribution in [2.45, 2.75) is 39.0 Å². The predicted molar refractivity (Wildman–Crippen MR) is 71.5 cm³/mol. The van der Waals surface area contributed by atoms with E-state index in [0.717, 1.165) is 30.9 Å². The van der Waals surface area contributed by atoms with E-state index in [0.29, 0.717) is 24.5 Å². The van der Waals surface area contributed by atoms with E-state index in [-0.39, 0.29) is 0 Å². The molecule has 0 bridgehead atoms. The average Bonchev–Trinajstić information content (AvgIpc) is 2.67. The molecular formula is C14H23N3O. The molecule has 0 radical (unpaired) electrons. The van der Waals surface area contributed by atoms with Crippen LogP contribution in [0.3, 0.4) is 0 Å². The van der Waals surface area contributed by atoms with Gasteiger partial charge >= 0.3 is 0 Å². The van der Waals surface area contributed by atoms with E-state index in [9.17, 15) is 4.79 Å². The number of hydrogen-bond acceptors (Lipinski definition) is 3. The maximum atomic E-state index is 12.0. The summed E-state index contributed by atoms with van der Waals surface area (Å²) in [5, 5.41) is 7.66. The first-order valence-corrected chi connectivity index (χ1v) is 6.87. The van der Waals surface area contributed by atoms with Crippen LogP contribution in [0.2, 0.25) is 0 Å². The minimum absolute atomic E-state index is 0.337. The summed E-state index contributed by atoms with van der Waals surface area (Å²) in [6.07, 6.45) is 4.78. The van der Waals surface area contributed by atoms with Crippen molar-refractivity contribution in [3.8, 4) is 0 Å². The SMILES string of the molecule is Cc1cc(CC(=O)CCC2CCCNC2)n(C)n1. The minimum Gasteiger partial charge on any atom is -0.316 e. The molecule has 4 nitrogen and oxygen atoms in total. The third kappa shape index (κ3) is 3.67. The molecule has 1 aromatic heterocycles. The van der Waals surface area contributed by atoms with E-state index in [1.54, 1.807) is 0 Å². The zero-order valence-corrected chi connectivity index (χ0v) is 11.4. The van der Waals surface area contributed by atoms with Crippen molar-refractivity contribution in [1.82, 2.24) is 15.1 Å². The van der Waals surface area contributed by atoms with E-state index >= 15 is 0 Å². The monoisotopic (exact) mass is 249 g/mol. The summed E-state index contributed by atoms with van der Waals surface area (Å²) < 4.78 is 1.81. The van der Waals surface area contributed by atoms with Gasteiger partial charge in [-0.1, -0.05) is 0 Å². The molecule has 0 aliphatic carbocycles. The molecule has 1 N–H and O–H groups in total. The minimum atomic E-state index is 0.337. The van der Waals surface area contributed by atoms with Crippen molar-refractivity contribution in [2.75, 3.05) is 13.1 Å². The molecule has 1 saturated heterocycles. The molecule has 2 rings (SSSR count). The van der Waals surface area contributed by atoms with Gasteiger partial charge in [0, 0.05) is 25.6 Å². The lowest BCUT2D eigenvalue weighted by molar-refractivity contribution is -0.118. The maximum absolute atomic E-state index is 12.0. The van der Waals surface area contributed by atoms with Gasteiger partial charge in [-0.15, -0.1) is 0 Å². The van der Waals surface area contributed by atoms with E-state index < -0.39 is 0 Å². The van der Waals surface area contributed by atoms with Gasteiger partial charge in [-0.05, 0) is 51.3 Å². The lowest BCUT2D eigenvalue weighted by Gasteiger charge is -2.22. The van der Waals surface area contributed by atoms with Crippen LogP contribution in [-0.4, -0.2) is 28.7 Å². The highest BCUT2D eigenvalue weighted by Crippen LogP contribution is 2.16. The Morgan fingerprint density at radius 3 is 3.06 bits per heavy atom. The Labute approximate surface area is 109 Å². The van der Waals surface area contributed by atoms with Gasteiger partial charge < -0.3 is 5.32 Å². The summed E-state index contributed by atoms with van der Waals surface area (Å²) in [4.78, 5) is 12.0. The summed E-state index contributed by atoms with van der Waals surface area (Å²) in [7, 11) is 1.90. The second-order valence-electron chi connectivity index (χ2n) is 5.37. The molecular weight excluding hydrogens is 226 g/mol. The van der Waals surface area contributed by atoms with Crippen LogP contribution >= 0.6 is 0 Å². The number of carbonyl (C=O) groups is 1. The lowest BCUT2D eigenvalue weighted by Crippen LogP contribution is -2.30. The number of Topliss-reactive ketones (excluding diaryl/α,β-unsaturated/α-hetero) is 1. The molecule has 4 heteroatoms. The van der Waals surface area contributed by atoms with Crippen molar-refractivity contribution >= 4 is 5.78 Å². The number of nitrogens with one attached hydrogen (secondary N) is 1. The van der Waals surface area contributed by atoms with Crippen LogP contribution in [0.1, 0.15) is 37.1 Å². The molecule has 0 saturated carbocycles. The Morgan fingerprint density at radius 2 is 2.44 bits per heavy atom. The Morgan fingerprint density at radius 1 is 1.61 bits per heavy atom. The molecule has 1 fully saturated rings. The van der Waals surface area contributed by atoms with E-state index in [1.165, 1.54) is 12.8 Å². The van der Waals surface area contributed by atoms with Crippen LogP contribution in [-0.2, 0) is 18.3 Å². The van der Waals surface area contributed by atoms with Gasteiger partial charge in [0.25, 0.3) is 0 Å². The van der Waals surface area contributed by atoms with Crippen molar-refractivity contribution in [2.24, 2.45) is 13.0 Å². The van der Waals surface area contributed by atoms with E-state index in [2.05, 4.69) is 10.4 Å². The predicted octanol–water partition coefficient (Wildman–Crippen LogP) is 1.62. The molecule has 0 aromatic carbocycles. The number of ketones is 1. The highest BCUT2D eigenvalue weighted by atomic mass is 16.1. The summed E-state index contributed by atoms with van der Waals surface area (Å²) in [6.45, 7) is 4.18. The molecule has 2 heterocycles. The van der Waals surface area contributed by atoms with Gasteiger partial charge in [0.1, 0.15) is 5.78 Å². The van der Waals surface area contributed by atoms with Gasteiger partial charge in [-0.2, -0.15) is 5.10 Å². The zero-order chi connectivity index (χ0) is 13.0. The van der Waals surface area contributed by atoms with Crippen LogP contribution < -0.4 is 5.32 Å². The molecule has 1 aliphatic rings. The second-order valence-corrected chi connectivity index (χ2v) is 5.37. The van der Waals surface area contributed by atoms with Crippen LogP contribution in [0.4, 0.5) is 0 Å². The third-order valence-electron chi connectivity index (χ3n) is 3.71. The number of aryl methyl sites for hydroxylation is 2. The summed E-state index contributed by atoms with van der Waals surface area (Å²) in [5.41, 5.74) is 2.01. The van der Waals surface area contributed by atoms with Gasteiger partial charge in [0.2, 0.25) is 0 Å². The summed E-state index contributed by atoms with van der Waals surface area (Å²) in [5.74, 6) is 1.03. The van der Waals surface area contributed by atoms with Crippen LogP contribution in [0.5, 0.6) is 0 Å². The number of carbonyl (C=O) groups excluding carboxylic acids is 1. The van der Waals surface area contributed by atoms with E-state index in [4.69, 9.17) is 0 Å². The number of piperidine rings is 1. The molecule has 1 aliphatic heterocycles. The molecule has 18 heavy (non-hydrogen) atoms. The standard InChI is InChI=1S/C14H23N3O/c1-11-8-13(17(2)16-11)9-14(18)6-5-12-4-3-7-15-10-12/h8,12,15H,3-7,9-10H2,1-2H3. The first-order chi connectivity index (χ1) is 8.65. The Balaban J connectivity index is 1.76. The van der Waals surface area contributed by atoms with Crippen LogP contribution in [0, 0.1) is 12.8 Å². The van der Waals surface area contributed by atoms with Crippen molar-refractivity contribution in [3.63, 3.8) is 0 Å². The zero-order valence-electron chi connectivity index (χ0n) is 11.4. The smallest absolute Gasteiger partial charge is 0.138 e. The molecule has 100 valence electrons. The number of hydrogen-bond donors (Lipinski definition) is 1. The number of rotatable bonds is 5. The van der Waals surface area contributed by atoms with Gasteiger partial charge in [-0.25, -0.2) is 0 Å². The molecule has 1 atom stereocenters. The maximum Gasteiger partial charge on any atom is 0.138 e. The average molecular weight is 249 g/mol. The number of aromatic nitrogens is 2. The van der Waals surface area contributed by atoms with Crippen molar-refractivity contribution in [3.05, 3.63) is 17.5 Å². The Bertz CT molecular complexity index is 405. The van der Waals surface area contributed by atoms with E-state index in [1.807, 2.05) is 24.7 Å². The van der Waals surface area contributed by atoms with Gasteiger partial charge in [0.15, 0.2) is 0 Å². The third-order valence-corrected chi connectivity index (χ3v) is 3.71. The fraction of sp³-hybridized carbons (Fsp3) is 0.714. The summed E-state index contributed by atoms with van der Waals surface area (Å²) >= 11 is 0. The molecule has 1 unspecified atom stereocenters. The second kappa shape index (κ2) is 6.14. The van der Waals surface area contributed by atoms with Crippen molar-refractivity contribution in [1.29, 1.82) is 0 Å². The summed E-state index contributed by atoms with van der Waals surface area (Å²) in [6, 6.07) is 2.00. The highest BCUT2D eigenvalue weighted by molar-refractivity contribution is 5.80. The van der Waals surface area contributed by atoms with Crippen LogP contribution in [0.25, 0.3) is 0 Å². The van der Waals surface area contributed by atoms with Gasteiger partial charge in [-0.3, -0.25) is 9.48 Å².